The Morgan fingerprint density at radius 2 is 1.67 bits per heavy atom. The van der Waals surface area contributed by atoms with Gasteiger partial charge in [0, 0.05) is 12.5 Å². The molecule has 0 heterocycles. The van der Waals surface area contributed by atoms with Gasteiger partial charge >= 0.3 is 12.1 Å². The van der Waals surface area contributed by atoms with E-state index in [0.29, 0.717) is 18.4 Å². The minimum Gasteiger partial charge on any atom is -0.481 e. The maximum Gasteiger partial charge on any atom is 0.407 e. The molecule has 0 saturated heterocycles. The third-order valence-corrected chi connectivity index (χ3v) is 7.36. The number of hydrogen-bond donors (Lipinski definition) is 3. The Morgan fingerprint density at radius 1 is 1.00 bits per heavy atom. The SMILES string of the molecule is O=C(O)CC(NC(=O)OCC1c2ccccc2-c2ccccc21)C(=O)NCC1CC[C@@H]2C[C@H]12. The predicted octanol–water partition coefficient (Wildman–Crippen LogP) is 3.53. The van der Waals surface area contributed by atoms with Crippen LogP contribution in [0.5, 0.6) is 0 Å². The summed E-state index contributed by atoms with van der Waals surface area (Å²) >= 11 is 0. The van der Waals surface area contributed by atoms with Crippen molar-refractivity contribution in [2.45, 2.75) is 37.6 Å². The van der Waals surface area contributed by atoms with Gasteiger partial charge in [-0.1, -0.05) is 48.5 Å². The van der Waals surface area contributed by atoms with Crippen LogP contribution in [0.25, 0.3) is 11.1 Å². The number of ether oxygens (including phenoxy) is 1. The number of carbonyl (C=O) groups excluding carboxylic acids is 2. The Kier molecular flexibility index (Phi) is 5.79. The Morgan fingerprint density at radius 3 is 2.24 bits per heavy atom. The molecule has 2 saturated carbocycles. The highest BCUT2D eigenvalue weighted by Crippen LogP contribution is 2.55. The molecule has 4 atom stereocenters. The van der Waals surface area contributed by atoms with Gasteiger partial charge in [0.15, 0.2) is 0 Å². The van der Waals surface area contributed by atoms with Crippen molar-refractivity contribution in [1.82, 2.24) is 10.6 Å². The van der Waals surface area contributed by atoms with Gasteiger partial charge in [0.25, 0.3) is 0 Å². The molecule has 0 spiro atoms. The van der Waals surface area contributed by atoms with Crippen LogP contribution in [-0.4, -0.2) is 42.3 Å². The van der Waals surface area contributed by atoms with Gasteiger partial charge in [-0.3, -0.25) is 9.59 Å². The maximum atomic E-state index is 12.6. The van der Waals surface area contributed by atoms with Crippen LogP contribution in [0.1, 0.15) is 42.7 Å². The van der Waals surface area contributed by atoms with E-state index >= 15 is 0 Å². The summed E-state index contributed by atoms with van der Waals surface area (Å²) in [7, 11) is 0. The molecule has 2 unspecified atom stereocenters. The van der Waals surface area contributed by atoms with E-state index < -0.39 is 30.4 Å². The summed E-state index contributed by atoms with van der Waals surface area (Å²) in [4.78, 5) is 36.5. The second-order valence-corrected chi connectivity index (χ2v) is 9.36. The van der Waals surface area contributed by atoms with Crippen LogP contribution in [0.15, 0.2) is 48.5 Å². The van der Waals surface area contributed by atoms with Crippen molar-refractivity contribution in [2.75, 3.05) is 13.2 Å². The minimum absolute atomic E-state index is 0.104. The quantitative estimate of drug-likeness (QED) is 0.573. The summed E-state index contributed by atoms with van der Waals surface area (Å²) in [5.74, 6) is 0.217. The molecule has 0 aliphatic heterocycles. The highest BCUT2D eigenvalue weighted by Gasteiger charge is 2.47. The van der Waals surface area contributed by atoms with Crippen molar-refractivity contribution < 1.29 is 24.2 Å². The van der Waals surface area contributed by atoms with Gasteiger partial charge in [0.1, 0.15) is 12.6 Å². The number of carbonyl (C=O) groups is 3. The zero-order chi connectivity index (χ0) is 22.9. The predicted molar refractivity (Wildman–Crippen MR) is 122 cm³/mol. The molecule has 0 bridgehead atoms. The van der Waals surface area contributed by atoms with Gasteiger partial charge in [-0.15, -0.1) is 0 Å². The normalized spacial score (nSPS) is 23.1. The molecule has 172 valence electrons. The standard InChI is InChI=1S/C26H28N2O5/c29-24(30)12-23(25(31)27-13-16-10-9-15-11-21(15)16)28-26(32)33-14-22-19-7-3-1-5-17(19)18-6-2-4-8-20(18)22/h1-8,15-16,21-23H,9-14H2,(H,27,31)(H,28,32)(H,29,30)/t15-,16?,21+,23?/m1/s1. The van der Waals surface area contributed by atoms with Gasteiger partial charge in [0.05, 0.1) is 6.42 Å². The topological polar surface area (TPSA) is 105 Å². The number of fused-ring (bicyclic) bond motifs is 4. The first-order valence-corrected chi connectivity index (χ1v) is 11.6. The molecule has 33 heavy (non-hydrogen) atoms. The lowest BCUT2D eigenvalue weighted by Crippen LogP contribution is -2.49. The first kappa shape index (κ1) is 21.5. The number of hydrogen-bond acceptors (Lipinski definition) is 4. The van der Waals surface area contributed by atoms with Crippen LogP contribution in [-0.2, 0) is 14.3 Å². The Balaban J connectivity index is 1.19. The van der Waals surface area contributed by atoms with E-state index in [4.69, 9.17) is 4.74 Å². The molecule has 3 aliphatic carbocycles. The molecule has 0 aromatic heterocycles. The smallest absolute Gasteiger partial charge is 0.407 e. The molecule has 5 rings (SSSR count). The fourth-order valence-corrected chi connectivity index (χ4v) is 5.60. The second kappa shape index (κ2) is 8.89. The highest BCUT2D eigenvalue weighted by atomic mass is 16.5. The first-order valence-electron chi connectivity index (χ1n) is 11.6. The lowest BCUT2D eigenvalue weighted by atomic mass is 9.98. The average Bonchev–Trinajstić information content (AvgIpc) is 3.37. The van der Waals surface area contributed by atoms with Gasteiger partial charge in [-0.2, -0.15) is 0 Å². The minimum atomic E-state index is -1.17. The molecule has 0 radical (unpaired) electrons. The molecule has 2 fully saturated rings. The van der Waals surface area contributed by atoms with Crippen LogP contribution in [0.2, 0.25) is 0 Å². The maximum absolute atomic E-state index is 12.6. The second-order valence-electron chi connectivity index (χ2n) is 9.36. The fraction of sp³-hybridized carbons (Fsp3) is 0.423. The fourth-order valence-electron chi connectivity index (χ4n) is 5.60. The van der Waals surface area contributed by atoms with E-state index in [2.05, 4.69) is 22.8 Å². The summed E-state index contributed by atoms with van der Waals surface area (Å²) in [6, 6.07) is 14.9. The van der Waals surface area contributed by atoms with E-state index in [1.807, 2.05) is 36.4 Å². The highest BCUT2D eigenvalue weighted by molar-refractivity contribution is 5.89. The van der Waals surface area contributed by atoms with Crippen molar-refractivity contribution in [1.29, 1.82) is 0 Å². The molecular weight excluding hydrogens is 420 g/mol. The molecule has 3 N–H and O–H groups in total. The number of aliphatic carboxylic acids is 1. The van der Waals surface area contributed by atoms with E-state index in [1.165, 1.54) is 12.8 Å². The number of benzene rings is 2. The number of nitrogens with one attached hydrogen (secondary N) is 2. The molecule has 7 nitrogen and oxygen atoms in total. The number of amides is 2. The van der Waals surface area contributed by atoms with Gasteiger partial charge in [0.2, 0.25) is 5.91 Å². The summed E-state index contributed by atoms with van der Waals surface area (Å²) in [5, 5.41) is 14.5. The van der Waals surface area contributed by atoms with Crippen molar-refractivity contribution in [3.8, 4) is 11.1 Å². The number of carboxylic acids is 1. The lowest BCUT2D eigenvalue weighted by Gasteiger charge is -2.20. The number of alkyl carbamates (subject to hydrolysis) is 1. The van der Waals surface area contributed by atoms with E-state index in [0.717, 1.165) is 34.6 Å². The Hall–Kier alpha value is -3.35. The van der Waals surface area contributed by atoms with E-state index in [-0.39, 0.29) is 12.5 Å². The molecule has 2 amide bonds. The molecule has 2 aromatic rings. The lowest BCUT2D eigenvalue weighted by molar-refractivity contribution is -0.139. The van der Waals surface area contributed by atoms with Crippen molar-refractivity contribution in [3.63, 3.8) is 0 Å². The third kappa shape index (κ3) is 4.45. The van der Waals surface area contributed by atoms with Crippen molar-refractivity contribution in [3.05, 3.63) is 59.7 Å². The molecule has 2 aromatic carbocycles. The van der Waals surface area contributed by atoms with Gasteiger partial charge in [-0.05, 0) is 59.3 Å². The Bertz CT molecular complexity index is 1040. The van der Waals surface area contributed by atoms with Crippen LogP contribution in [0.3, 0.4) is 0 Å². The monoisotopic (exact) mass is 448 g/mol. The van der Waals surface area contributed by atoms with Crippen LogP contribution in [0.4, 0.5) is 4.79 Å². The summed E-state index contributed by atoms with van der Waals surface area (Å²) < 4.78 is 5.48. The molecule has 7 heteroatoms. The molecular formula is C26H28N2O5. The summed E-state index contributed by atoms with van der Waals surface area (Å²) in [5.41, 5.74) is 4.41. The van der Waals surface area contributed by atoms with E-state index in [1.54, 1.807) is 0 Å². The van der Waals surface area contributed by atoms with Gasteiger partial charge < -0.3 is 20.5 Å². The third-order valence-electron chi connectivity index (χ3n) is 7.36. The molecule has 3 aliphatic rings. The van der Waals surface area contributed by atoms with Crippen molar-refractivity contribution in [2.24, 2.45) is 17.8 Å². The first-order chi connectivity index (χ1) is 16.0. The summed E-state index contributed by atoms with van der Waals surface area (Å²) in [6.45, 7) is 0.634. The zero-order valence-electron chi connectivity index (χ0n) is 18.3. The average molecular weight is 449 g/mol. The zero-order valence-corrected chi connectivity index (χ0v) is 18.3. The van der Waals surface area contributed by atoms with Crippen LogP contribution >= 0.6 is 0 Å². The van der Waals surface area contributed by atoms with E-state index in [9.17, 15) is 19.5 Å². The Labute approximate surface area is 192 Å². The van der Waals surface area contributed by atoms with Crippen LogP contribution in [0, 0.1) is 17.8 Å². The number of carboxylic acid groups (broad SMARTS) is 1. The van der Waals surface area contributed by atoms with Crippen LogP contribution < -0.4 is 10.6 Å². The van der Waals surface area contributed by atoms with Crippen molar-refractivity contribution >= 4 is 18.0 Å². The number of rotatable bonds is 8. The summed E-state index contributed by atoms with van der Waals surface area (Å²) in [6.07, 6.45) is 2.26. The largest absolute Gasteiger partial charge is 0.481 e. The van der Waals surface area contributed by atoms with Gasteiger partial charge in [-0.25, -0.2) is 4.79 Å².